The molecule has 0 fully saturated rings. The van der Waals surface area contributed by atoms with Gasteiger partial charge in [0.05, 0.1) is 0 Å². The van der Waals surface area contributed by atoms with Gasteiger partial charge < -0.3 is 20.2 Å². The van der Waals surface area contributed by atoms with E-state index >= 15 is 0 Å². The molecule has 0 spiro atoms. The van der Waals surface area contributed by atoms with Gasteiger partial charge in [0, 0.05) is 32.6 Å². The molecule has 0 radical (unpaired) electrons. The van der Waals surface area contributed by atoms with Crippen molar-refractivity contribution >= 4 is 13.3 Å². The van der Waals surface area contributed by atoms with Crippen LogP contribution in [0.2, 0.25) is 0 Å². The van der Waals surface area contributed by atoms with E-state index in [9.17, 15) is 4.79 Å². The number of carbonyl (C=O) groups is 1. The Hall–Kier alpha value is 0.298. The third kappa shape index (κ3) is 40.4. The molecule has 0 amide bonds. The molecular formula is C18H39BO5Zr. The molecule has 25 heavy (non-hydrogen) atoms. The van der Waals surface area contributed by atoms with Gasteiger partial charge in [0.15, 0.2) is 0 Å². The quantitative estimate of drug-likeness (QED) is 0.213. The van der Waals surface area contributed by atoms with Gasteiger partial charge in [-0.1, -0.05) is 96.8 Å². The van der Waals surface area contributed by atoms with E-state index < -0.39 is 13.3 Å². The maximum atomic E-state index is 10.3. The Morgan fingerprint density at radius 3 is 1.12 bits per heavy atom. The van der Waals surface area contributed by atoms with Crippen molar-refractivity contribution in [3.05, 3.63) is 0 Å². The van der Waals surface area contributed by atoms with Crippen molar-refractivity contribution < 1.29 is 51.2 Å². The summed E-state index contributed by atoms with van der Waals surface area (Å²) in [7, 11) is -2.17. The molecule has 0 unspecified atom stereocenters. The van der Waals surface area contributed by atoms with Crippen LogP contribution in [0.15, 0.2) is 0 Å². The predicted octanol–water partition coefficient (Wildman–Crippen LogP) is 4.28. The number of hydrogen-bond acceptors (Lipinski definition) is 4. The Balaban J connectivity index is -0.000000867. The zero-order chi connectivity index (χ0) is 18.5. The molecule has 0 aromatic carbocycles. The number of carboxylic acid groups (broad SMARTS) is 1. The molecule has 5 nitrogen and oxygen atoms in total. The summed E-state index contributed by atoms with van der Waals surface area (Å²) in [4.78, 5) is 10.3. The van der Waals surface area contributed by atoms with E-state index in [1.54, 1.807) is 0 Å². The molecule has 4 N–H and O–H groups in total. The molecule has 0 aliphatic heterocycles. The predicted molar refractivity (Wildman–Crippen MR) is 99.6 cm³/mol. The first-order valence-corrected chi connectivity index (χ1v) is 9.76. The van der Waals surface area contributed by atoms with E-state index in [2.05, 4.69) is 6.92 Å². The van der Waals surface area contributed by atoms with Crippen LogP contribution in [0, 0.1) is 0 Å². The monoisotopic (exact) mass is 436 g/mol. The van der Waals surface area contributed by atoms with Crippen molar-refractivity contribution in [2.75, 3.05) is 0 Å². The first-order valence-electron chi connectivity index (χ1n) is 9.76. The number of aliphatic carboxylic acids is 1. The Morgan fingerprint density at radius 2 is 0.880 bits per heavy atom. The molecule has 0 heterocycles. The normalized spacial score (nSPS) is 9.76. The largest absolute Gasteiger partial charge is 0.631 e. The minimum Gasteiger partial charge on any atom is -0.481 e. The van der Waals surface area contributed by atoms with Gasteiger partial charge >= 0.3 is 13.3 Å². The minimum atomic E-state index is -2.17. The van der Waals surface area contributed by atoms with E-state index in [0.717, 1.165) is 12.8 Å². The topological polar surface area (TPSA) is 98.0 Å². The van der Waals surface area contributed by atoms with Gasteiger partial charge in [-0.05, 0) is 6.42 Å². The van der Waals surface area contributed by atoms with Crippen LogP contribution in [0.5, 0.6) is 0 Å². The van der Waals surface area contributed by atoms with Crippen LogP contribution in [-0.2, 0) is 31.0 Å². The summed E-state index contributed by atoms with van der Waals surface area (Å²) in [5.74, 6) is -0.653. The second kappa shape index (κ2) is 26.5. The van der Waals surface area contributed by atoms with Gasteiger partial charge in [0.25, 0.3) is 0 Å². The number of rotatable bonds is 16. The molecule has 0 rings (SSSR count). The average molecular weight is 438 g/mol. The summed E-state index contributed by atoms with van der Waals surface area (Å²) in [6.45, 7) is 2.27. The van der Waals surface area contributed by atoms with Gasteiger partial charge in [-0.15, -0.1) is 0 Å². The standard InChI is InChI=1S/C18H36O2.BH3O3.Zr/c1-2-3-4-5-6-7-8-9-10-11-12-13-14-15-16-17-18(19)20;2-1(3)4;/h2-17H2,1H3,(H,19,20);2-4H;. The zero-order valence-corrected chi connectivity index (χ0v) is 18.5. The molecule has 0 saturated heterocycles. The van der Waals surface area contributed by atoms with Crippen molar-refractivity contribution in [2.45, 2.75) is 110 Å². The second-order valence-corrected chi connectivity index (χ2v) is 6.44. The second-order valence-electron chi connectivity index (χ2n) is 6.44. The van der Waals surface area contributed by atoms with Gasteiger partial charge in [-0.3, -0.25) is 4.79 Å². The molecule has 0 aromatic rings. The maximum absolute atomic E-state index is 10.3. The Kier molecular flexibility index (Phi) is 31.9. The van der Waals surface area contributed by atoms with Crippen molar-refractivity contribution in [3.63, 3.8) is 0 Å². The van der Waals surface area contributed by atoms with Crippen LogP contribution in [0.25, 0.3) is 0 Å². The van der Waals surface area contributed by atoms with Crippen molar-refractivity contribution in [3.8, 4) is 0 Å². The van der Waals surface area contributed by atoms with Crippen LogP contribution in [-0.4, -0.2) is 33.5 Å². The minimum absolute atomic E-state index is 0. The summed E-state index contributed by atoms with van der Waals surface area (Å²) < 4.78 is 0. The Labute approximate surface area is 173 Å². The number of hydrogen-bond donors (Lipinski definition) is 4. The maximum Gasteiger partial charge on any atom is 0.631 e. The summed E-state index contributed by atoms with van der Waals surface area (Å²) in [6, 6.07) is 0. The molecule has 0 atom stereocenters. The summed E-state index contributed by atoms with van der Waals surface area (Å²) in [5, 5.41) is 30.0. The van der Waals surface area contributed by atoms with Gasteiger partial charge in [-0.25, -0.2) is 0 Å². The van der Waals surface area contributed by atoms with E-state index in [-0.39, 0.29) is 26.2 Å². The van der Waals surface area contributed by atoms with Crippen LogP contribution < -0.4 is 0 Å². The summed E-state index contributed by atoms with van der Waals surface area (Å²) >= 11 is 0. The fraction of sp³-hybridized carbons (Fsp3) is 0.944. The van der Waals surface area contributed by atoms with Crippen molar-refractivity contribution in [1.29, 1.82) is 0 Å². The van der Waals surface area contributed by atoms with Gasteiger partial charge in [0.1, 0.15) is 0 Å². The summed E-state index contributed by atoms with van der Waals surface area (Å²) in [5.41, 5.74) is 0. The van der Waals surface area contributed by atoms with Crippen molar-refractivity contribution in [2.24, 2.45) is 0 Å². The van der Waals surface area contributed by atoms with Gasteiger partial charge in [0.2, 0.25) is 0 Å². The van der Waals surface area contributed by atoms with Crippen LogP contribution in [0.1, 0.15) is 110 Å². The molecule has 0 aliphatic rings. The third-order valence-corrected chi connectivity index (χ3v) is 3.99. The van der Waals surface area contributed by atoms with Crippen molar-refractivity contribution in [1.82, 2.24) is 0 Å². The smallest absolute Gasteiger partial charge is 0.481 e. The average Bonchev–Trinajstić information content (AvgIpc) is 2.50. The van der Waals surface area contributed by atoms with Crippen LogP contribution in [0.3, 0.4) is 0 Å². The molecular weight excluding hydrogens is 398 g/mol. The number of carboxylic acids is 1. The van der Waals surface area contributed by atoms with E-state index in [1.165, 1.54) is 83.5 Å². The van der Waals surface area contributed by atoms with Crippen LogP contribution >= 0.6 is 0 Å². The first kappa shape index (κ1) is 30.0. The van der Waals surface area contributed by atoms with E-state index in [1.807, 2.05) is 0 Å². The Bertz CT molecular complexity index is 253. The molecule has 0 aliphatic carbocycles. The molecule has 7 heteroatoms. The first-order chi connectivity index (χ1) is 11.5. The van der Waals surface area contributed by atoms with Crippen LogP contribution in [0.4, 0.5) is 0 Å². The zero-order valence-electron chi connectivity index (χ0n) is 16.1. The fourth-order valence-electron chi connectivity index (χ4n) is 2.65. The SMILES string of the molecule is CCCCCCCCCCCCCCCCCC(=O)O.OB(O)O.[Zr]. The summed E-state index contributed by atoms with van der Waals surface area (Å²) in [6.07, 6.45) is 20.2. The Morgan fingerprint density at radius 1 is 0.640 bits per heavy atom. The third-order valence-electron chi connectivity index (χ3n) is 3.99. The molecule has 148 valence electrons. The fourth-order valence-corrected chi connectivity index (χ4v) is 2.65. The van der Waals surface area contributed by atoms with E-state index in [4.69, 9.17) is 20.2 Å². The van der Waals surface area contributed by atoms with Gasteiger partial charge in [-0.2, -0.15) is 0 Å². The molecule has 0 saturated carbocycles. The molecule has 0 aromatic heterocycles. The van der Waals surface area contributed by atoms with E-state index in [0.29, 0.717) is 6.42 Å². The molecule has 0 bridgehead atoms. The number of unbranched alkanes of at least 4 members (excludes halogenated alkanes) is 14.